The maximum absolute atomic E-state index is 13.4. The Morgan fingerprint density at radius 3 is 2.32 bits per heavy atom. The quantitative estimate of drug-likeness (QED) is 0.359. The number of halogens is 2. The van der Waals surface area contributed by atoms with Gasteiger partial charge in [-0.05, 0) is 66.1 Å². The first-order chi connectivity index (χ1) is 13.7. The van der Waals surface area contributed by atoms with Crippen LogP contribution < -0.4 is 4.80 Å². The highest BCUT2D eigenvalue weighted by atomic mass is 35.5. The van der Waals surface area contributed by atoms with Crippen molar-refractivity contribution in [3.8, 4) is 11.3 Å². The molecule has 0 bridgehead atoms. The summed E-state index contributed by atoms with van der Waals surface area (Å²) in [7, 11) is 0. The first-order valence-corrected chi connectivity index (χ1v) is 10.2. The van der Waals surface area contributed by atoms with Crippen LogP contribution in [0.3, 0.4) is 0 Å². The molecule has 0 amide bonds. The van der Waals surface area contributed by atoms with Gasteiger partial charge in [0, 0.05) is 16.9 Å². The zero-order chi connectivity index (χ0) is 19.3. The SMILES string of the molecule is Fc1ccc(-c2csc(=Nc3ccc(Cl)cc3)n2CCc2ccccc2)cc1. The van der Waals surface area contributed by atoms with Crippen molar-refractivity contribution in [2.75, 3.05) is 0 Å². The van der Waals surface area contributed by atoms with Gasteiger partial charge < -0.3 is 4.57 Å². The van der Waals surface area contributed by atoms with Crippen molar-refractivity contribution < 1.29 is 4.39 Å². The van der Waals surface area contributed by atoms with Crippen molar-refractivity contribution in [1.82, 2.24) is 4.57 Å². The molecule has 0 unspecified atom stereocenters. The van der Waals surface area contributed by atoms with Crippen LogP contribution in [0.1, 0.15) is 5.56 Å². The van der Waals surface area contributed by atoms with Gasteiger partial charge in [-0.3, -0.25) is 0 Å². The molecular formula is C23H18ClFN2S. The predicted molar refractivity (Wildman–Crippen MR) is 115 cm³/mol. The summed E-state index contributed by atoms with van der Waals surface area (Å²) in [5.41, 5.74) is 4.13. The van der Waals surface area contributed by atoms with Gasteiger partial charge in [-0.15, -0.1) is 11.3 Å². The minimum Gasteiger partial charge on any atom is -0.316 e. The molecular weight excluding hydrogens is 391 g/mol. The molecule has 0 fully saturated rings. The fraction of sp³-hybridized carbons (Fsp3) is 0.0870. The van der Waals surface area contributed by atoms with E-state index in [0.29, 0.717) is 5.02 Å². The first-order valence-electron chi connectivity index (χ1n) is 8.97. The lowest BCUT2D eigenvalue weighted by atomic mass is 10.1. The Kier molecular flexibility index (Phi) is 5.70. The normalized spacial score (nSPS) is 11.7. The maximum Gasteiger partial charge on any atom is 0.190 e. The van der Waals surface area contributed by atoms with E-state index in [-0.39, 0.29) is 5.82 Å². The smallest absolute Gasteiger partial charge is 0.190 e. The highest BCUT2D eigenvalue weighted by Crippen LogP contribution is 2.22. The van der Waals surface area contributed by atoms with Gasteiger partial charge in [0.15, 0.2) is 4.80 Å². The molecule has 2 nitrogen and oxygen atoms in total. The topological polar surface area (TPSA) is 17.3 Å². The minimum atomic E-state index is -0.235. The van der Waals surface area contributed by atoms with Crippen molar-refractivity contribution in [2.24, 2.45) is 4.99 Å². The first kappa shape index (κ1) is 18.7. The van der Waals surface area contributed by atoms with Crippen LogP contribution in [0, 0.1) is 5.82 Å². The summed E-state index contributed by atoms with van der Waals surface area (Å²) in [6.45, 7) is 0.784. The number of hydrogen-bond donors (Lipinski definition) is 0. The zero-order valence-electron chi connectivity index (χ0n) is 15.1. The van der Waals surface area contributed by atoms with Crippen LogP contribution in [0.15, 0.2) is 89.2 Å². The van der Waals surface area contributed by atoms with Crippen LogP contribution in [-0.4, -0.2) is 4.57 Å². The molecule has 0 aliphatic rings. The van der Waals surface area contributed by atoms with E-state index in [9.17, 15) is 4.39 Å². The van der Waals surface area contributed by atoms with Gasteiger partial charge in [-0.25, -0.2) is 9.38 Å². The molecule has 4 aromatic rings. The van der Waals surface area contributed by atoms with Gasteiger partial charge in [0.1, 0.15) is 5.82 Å². The third kappa shape index (κ3) is 4.41. The molecule has 0 saturated heterocycles. The fourth-order valence-electron chi connectivity index (χ4n) is 3.00. The van der Waals surface area contributed by atoms with Crippen LogP contribution in [0.4, 0.5) is 10.1 Å². The van der Waals surface area contributed by atoms with E-state index in [1.807, 2.05) is 54.6 Å². The van der Waals surface area contributed by atoms with Gasteiger partial charge >= 0.3 is 0 Å². The lowest BCUT2D eigenvalue weighted by Crippen LogP contribution is -2.17. The Morgan fingerprint density at radius 1 is 0.893 bits per heavy atom. The number of rotatable bonds is 5. The Labute approximate surface area is 172 Å². The van der Waals surface area contributed by atoms with Crippen LogP contribution in [0.25, 0.3) is 11.3 Å². The second-order valence-electron chi connectivity index (χ2n) is 6.39. The average Bonchev–Trinajstić information content (AvgIpc) is 3.12. The van der Waals surface area contributed by atoms with Crippen molar-refractivity contribution in [2.45, 2.75) is 13.0 Å². The highest BCUT2D eigenvalue weighted by Gasteiger charge is 2.09. The second-order valence-corrected chi connectivity index (χ2v) is 7.66. The van der Waals surface area contributed by atoms with E-state index in [1.165, 1.54) is 17.7 Å². The number of aromatic nitrogens is 1. The molecule has 0 atom stereocenters. The van der Waals surface area contributed by atoms with Crippen LogP contribution in [-0.2, 0) is 13.0 Å². The van der Waals surface area contributed by atoms with Gasteiger partial charge in [0.05, 0.1) is 11.4 Å². The van der Waals surface area contributed by atoms with Gasteiger partial charge in [-0.2, -0.15) is 0 Å². The largest absolute Gasteiger partial charge is 0.316 e. The third-order valence-electron chi connectivity index (χ3n) is 4.46. The molecule has 5 heteroatoms. The molecule has 0 radical (unpaired) electrons. The van der Waals surface area contributed by atoms with E-state index >= 15 is 0 Å². The Morgan fingerprint density at radius 2 is 1.61 bits per heavy atom. The molecule has 3 aromatic carbocycles. The van der Waals surface area contributed by atoms with E-state index in [2.05, 4.69) is 22.1 Å². The van der Waals surface area contributed by atoms with Gasteiger partial charge in [-0.1, -0.05) is 41.9 Å². The molecule has 0 aliphatic carbocycles. The summed E-state index contributed by atoms with van der Waals surface area (Å²) >= 11 is 7.56. The van der Waals surface area contributed by atoms with Gasteiger partial charge in [0.2, 0.25) is 0 Å². The zero-order valence-corrected chi connectivity index (χ0v) is 16.6. The maximum atomic E-state index is 13.4. The molecule has 28 heavy (non-hydrogen) atoms. The molecule has 1 heterocycles. The van der Waals surface area contributed by atoms with Crippen LogP contribution in [0.2, 0.25) is 5.02 Å². The van der Waals surface area contributed by atoms with E-state index in [1.54, 1.807) is 11.3 Å². The monoisotopic (exact) mass is 408 g/mol. The number of aryl methyl sites for hydroxylation is 1. The summed E-state index contributed by atoms with van der Waals surface area (Å²) in [4.78, 5) is 5.71. The summed E-state index contributed by atoms with van der Waals surface area (Å²) in [6.07, 6.45) is 0.888. The molecule has 140 valence electrons. The molecule has 4 rings (SSSR count). The molecule has 0 N–H and O–H groups in total. The second kappa shape index (κ2) is 8.55. The molecule has 0 aliphatic heterocycles. The lowest BCUT2D eigenvalue weighted by molar-refractivity contribution is 0.627. The Hall–Kier alpha value is -2.69. The molecule has 0 spiro atoms. The average molecular weight is 409 g/mol. The van der Waals surface area contributed by atoms with Crippen molar-refractivity contribution in [1.29, 1.82) is 0 Å². The van der Waals surface area contributed by atoms with Crippen molar-refractivity contribution in [3.05, 3.63) is 105 Å². The molecule has 1 aromatic heterocycles. The summed E-state index contributed by atoms with van der Waals surface area (Å²) in [5.74, 6) is -0.235. The lowest BCUT2D eigenvalue weighted by Gasteiger charge is -2.10. The Bertz CT molecular complexity index is 1110. The van der Waals surface area contributed by atoms with E-state index in [4.69, 9.17) is 16.6 Å². The number of hydrogen-bond acceptors (Lipinski definition) is 2. The summed E-state index contributed by atoms with van der Waals surface area (Å²) in [5, 5.41) is 2.77. The number of thiazole rings is 1. The van der Waals surface area contributed by atoms with E-state index in [0.717, 1.165) is 34.7 Å². The Balaban J connectivity index is 1.75. The van der Waals surface area contributed by atoms with Crippen molar-refractivity contribution in [3.63, 3.8) is 0 Å². The predicted octanol–water partition coefficient (Wildman–Crippen LogP) is 6.48. The summed E-state index contributed by atoms with van der Waals surface area (Å²) in [6, 6.07) is 24.4. The number of nitrogens with zero attached hydrogens (tertiary/aromatic N) is 2. The number of benzene rings is 3. The highest BCUT2D eigenvalue weighted by molar-refractivity contribution is 7.07. The third-order valence-corrected chi connectivity index (χ3v) is 5.57. The summed E-state index contributed by atoms with van der Waals surface area (Å²) < 4.78 is 15.6. The van der Waals surface area contributed by atoms with E-state index < -0.39 is 0 Å². The van der Waals surface area contributed by atoms with Crippen LogP contribution in [0.5, 0.6) is 0 Å². The standard InChI is InChI=1S/C23H18ClFN2S/c24-19-8-12-21(13-9-19)26-23-27(15-14-17-4-2-1-3-5-17)22(16-28-23)18-6-10-20(25)11-7-18/h1-13,16H,14-15H2. The van der Waals surface area contributed by atoms with Crippen molar-refractivity contribution >= 4 is 28.6 Å². The molecule has 0 saturated carbocycles. The minimum absolute atomic E-state index is 0.235. The fourth-order valence-corrected chi connectivity index (χ4v) is 4.08. The van der Waals surface area contributed by atoms with Crippen LogP contribution >= 0.6 is 22.9 Å². The van der Waals surface area contributed by atoms with Gasteiger partial charge in [0.25, 0.3) is 0 Å².